The van der Waals surface area contributed by atoms with E-state index in [4.69, 9.17) is 22.9 Å². The number of phenolic OH excluding ortho intramolecular Hbond substituents is 1. The SMILES string of the molecule is CC(C)[C@H](NC(=O)C1CCC(=O)NCCC(=O)NCCCCC(NC(=O)[C@H](CCCCN)NC(=O)C(Cc2ccc(O)cc2)NC(=O)[C@H](CC(N)=O)NC(=O)C(CCCCN)NC(=O)[C@@H](N)CS)C(=O)N[C@@H](C(C)O)C(=O)N1)C(=O)O. The lowest BCUT2D eigenvalue weighted by Crippen LogP contribution is -2.62. The van der Waals surface area contributed by atoms with Crippen molar-refractivity contribution < 1.29 is 72.9 Å². The Labute approximate surface area is 475 Å². The number of carbonyl (C=O) groups excluding carboxylic acids is 11. The topological polar surface area (TPSA) is 490 Å². The molecule has 11 amide bonds. The van der Waals surface area contributed by atoms with Crippen LogP contribution in [0.25, 0.3) is 0 Å². The van der Waals surface area contributed by atoms with E-state index in [-0.39, 0.29) is 102 Å². The van der Waals surface area contributed by atoms with Gasteiger partial charge in [0.25, 0.3) is 0 Å². The predicted molar refractivity (Wildman–Crippen MR) is 297 cm³/mol. The van der Waals surface area contributed by atoms with Gasteiger partial charge in [0, 0.05) is 38.1 Å². The fourth-order valence-electron chi connectivity index (χ4n) is 8.16. The highest BCUT2D eigenvalue weighted by molar-refractivity contribution is 7.80. The number of primary amides is 1. The van der Waals surface area contributed by atoms with Crippen LogP contribution in [0.3, 0.4) is 0 Å². The number of thiol groups is 1. The predicted octanol–water partition coefficient (Wildman–Crippen LogP) is -5.09. The zero-order valence-corrected chi connectivity index (χ0v) is 47.0. The molecule has 81 heavy (non-hydrogen) atoms. The molecule has 0 aliphatic carbocycles. The second-order valence-electron chi connectivity index (χ2n) is 20.0. The maximum Gasteiger partial charge on any atom is 0.326 e. The molecule has 30 heteroatoms. The standard InChI is InChI=1S/C51H84N14O15S/c1-27(2)41(51(79)80)64-47(75)35-17-18-39(69)57-23-19-40(70)56-22-9-6-12-34(46(74)65-42(28(3)66)50(78)61-35)59-44(72)33(11-5-8-21-53)60-48(76)36(24-29-13-15-30(67)16-14-29)62-49(77)37(25-38(55)68)63-45(73)32(10-4-7-20-52)58-43(71)31(54)26-81/h13-16,27-28,31-37,41-42,66-67,81H,4-12,17-26,52-54H2,1-3H3,(H2,55,68)(H,56,70)(H,57,69)(H,58,71)(H,59,72)(H,60,76)(H,61,78)(H,62,77)(H,63,73)(H,64,75)(H,65,74)(H,79,80)/t28?,31-,32?,33-,34?,35?,36?,37-,41-,42-/m0/s1. The Bertz CT molecular complexity index is 2300. The summed E-state index contributed by atoms with van der Waals surface area (Å²) in [6.45, 7) is 4.66. The lowest BCUT2D eigenvalue weighted by atomic mass is 10.0. The number of aliphatic carboxylic acids is 1. The second kappa shape index (κ2) is 37.0. The number of hydrogen-bond acceptors (Lipinski definition) is 18. The molecule has 454 valence electrons. The molecular formula is C51H84N14O15S. The summed E-state index contributed by atoms with van der Waals surface area (Å²) in [6.07, 6.45) is -2.01. The van der Waals surface area contributed by atoms with Crippen LogP contribution >= 0.6 is 12.6 Å². The smallest absolute Gasteiger partial charge is 0.326 e. The molecule has 0 spiro atoms. The summed E-state index contributed by atoms with van der Waals surface area (Å²) in [5.41, 5.74) is 23.1. The van der Waals surface area contributed by atoms with Crippen LogP contribution in [-0.2, 0) is 64.0 Å². The van der Waals surface area contributed by atoms with Crippen LogP contribution in [0.4, 0.5) is 0 Å². The summed E-state index contributed by atoms with van der Waals surface area (Å²) < 4.78 is 0. The number of hydrogen-bond donors (Lipinski definition) is 18. The number of carboxylic acid groups (broad SMARTS) is 1. The Kier molecular flexibility index (Phi) is 31.9. The highest BCUT2D eigenvalue weighted by Gasteiger charge is 2.37. The van der Waals surface area contributed by atoms with E-state index in [1.54, 1.807) is 0 Å². The number of aromatic hydroxyl groups is 1. The van der Waals surface area contributed by atoms with Gasteiger partial charge in [-0.15, -0.1) is 0 Å². The first-order valence-corrected chi connectivity index (χ1v) is 27.6. The maximum atomic E-state index is 14.5. The van der Waals surface area contributed by atoms with Gasteiger partial charge in [-0.25, -0.2) is 4.79 Å². The van der Waals surface area contributed by atoms with Crippen LogP contribution in [0, 0.1) is 5.92 Å². The van der Waals surface area contributed by atoms with E-state index >= 15 is 0 Å². The Morgan fingerprint density at radius 1 is 0.679 bits per heavy atom. The van der Waals surface area contributed by atoms with E-state index in [1.807, 2.05) is 0 Å². The van der Waals surface area contributed by atoms with Crippen LogP contribution in [0.2, 0.25) is 0 Å². The fourth-order valence-corrected chi connectivity index (χ4v) is 8.32. The molecule has 0 radical (unpaired) electrons. The maximum absolute atomic E-state index is 14.5. The highest BCUT2D eigenvalue weighted by atomic mass is 32.1. The van der Waals surface area contributed by atoms with Gasteiger partial charge in [0.15, 0.2) is 0 Å². The molecule has 10 atom stereocenters. The van der Waals surface area contributed by atoms with Gasteiger partial charge in [-0.3, -0.25) is 52.7 Å². The first-order valence-electron chi connectivity index (χ1n) is 27.0. The number of carbonyl (C=O) groups is 12. The zero-order chi connectivity index (χ0) is 60.8. The van der Waals surface area contributed by atoms with Gasteiger partial charge in [-0.05, 0) is 108 Å². The molecule has 29 nitrogen and oxygen atoms in total. The number of phenols is 1. The lowest BCUT2D eigenvalue weighted by molar-refractivity contribution is -0.144. The van der Waals surface area contributed by atoms with Crippen LogP contribution in [0.15, 0.2) is 24.3 Å². The average molecular weight is 1170 g/mol. The molecule has 1 fully saturated rings. The van der Waals surface area contributed by atoms with Gasteiger partial charge in [-0.1, -0.05) is 26.0 Å². The first kappa shape index (κ1) is 70.0. The molecule has 1 aromatic carbocycles. The van der Waals surface area contributed by atoms with Crippen molar-refractivity contribution in [1.29, 1.82) is 0 Å². The summed E-state index contributed by atoms with van der Waals surface area (Å²) >= 11 is 4.03. The monoisotopic (exact) mass is 1160 g/mol. The molecule has 21 N–H and O–H groups in total. The third-order valence-electron chi connectivity index (χ3n) is 12.9. The van der Waals surface area contributed by atoms with Crippen molar-refractivity contribution in [2.75, 3.05) is 31.9 Å². The van der Waals surface area contributed by atoms with E-state index < -0.39 is 144 Å². The number of carboxylic acids is 1. The molecule has 1 aliphatic heterocycles. The number of aliphatic hydroxyl groups excluding tert-OH is 1. The van der Waals surface area contributed by atoms with E-state index in [2.05, 4.69) is 65.8 Å². The van der Waals surface area contributed by atoms with Crippen LogP contribution < -0.4 is 76.1 Å². The van der Waals surface area contributed by atoms with Crippen LogP contribution in [0.5, 0.6) is 5.75 Å². The van der Waals surface area contributed by atoms with Gasteiger partial charge in [-0.2, -0.15) is 12.6 Å². The van der Waals surface area contributed by atoms with Crippen molar-refractivity contribution in [3.63, 3.8) is 0 Å². The van der Waals surface area contributed by atoms with Gasteiger partial charge >= 0.3 is 5.97 Å². The molecule has 1 aliphatic rings. The molecule has 2 rings (SSSR count). The quantitative estimate of drug-likeness (QED) is 0.0276. The Morgan fingerprint density at radius 3 is 1.79 bits per heavy atom. The second-order valence-corrected chi connectivity index (χ2v) is 20.4. The van der Waals surface area contributed by atoms with Crippen molar-refractivity contribution >= 4 is 83.6 Å². The highest BCUT2D eigenvalue weighted by Crippen LogP contribution is 2.14. The normalized spacial score (nSPS) is 19.4. The average Bonchev–Trinajstić information content (AvgIpc) is 3.40. The molecular weight excluding hydrogens is 1080 g/mol. The van der Waals surface area contributed by atoms with Crippen molar-refractivity contribution in [1.82, 2.24) is 53.2 Å². The van der Waals surface area contributed by atoms with Crippen molar-refractivity contribution in [2.24, 2.45) is 28.9 Å². The largest absolute Gasteiger partial charge is 0.508 e. The molecule has 0 aromatic heterocycles. The Hall–Kier alpha value is -7.15. The summed E-state index contributed by atoms with van der Waals surface area (Å²) in [5, 5.41) is 55.7. The minimum absolute atomic E-state index is 0.0505. The Balaban J connectivity index is 2.59. The third-order valence-corrected chi connectivity index (χ3v) is 13.3. The zero-order valence-electron chi connectivity index (χ0n) is 46.1. The number of unbranched alkanes of at least 4 members (excludes halogenated alkanes) is 2. The van der Waals surface area contributed by atoms with Gasteiger partial charge < -0.3 is 91.4 Å². The van der Waals surface area contributed by atoms with Gasteiger partial charge in [0.1, 0.15) is 54.1 Å². The molecule has 5 unspecified atom stereocenters. The summed E-state index contributed by atoms with van der Waals surface area (Å²) in [5.74, 6) is -12.0. The summed E-state index contributed by atoms with van der Waals surface area (Å²) in [4.78, 5) is 161. The van der Waals surface area contributed by atoms with Crippen molar-refractivity contribution in [2.45, 2.75) is 171 Å². The van der Waals surface area contributed by atoms with E-state index in [0.717, 1.165) is 6.92 Å². The lowest BCUT2D eigenvalue weighted by Gasteiger charge is -2.29. The number of aliphatic hydroxyl groups is 1. The summed E-state index contributed by atoms with van der Waals surface area (Å²) in [7, 11) is 0. The number of rotatable bonds is 28. The van der Waals surface area contributed by atoms with Crippen molar-refractivity contribution in [3.05, 3.63) is 29.8 Å². The van der Waals surface area contributed by atoms with Gasteiger partial charge in [0.05, 0.1) is 18.6 Å². The molecule has 0 bridgehead atoms. The molecule has 1 aromatic rings. The third kappa shape index (κ3) is 26.3. The number of nitrogens with one attached hydrogen (secondary N) is 10. The van der Waals surface area contributed by atoms with E-state index in [1.165, 1.54) is 38.1 Å². The van der Waals surface area contributed by atoms with E-state index in [9.17, 15) is 72.9 Å². The van der Waals surface area contributed by atoms with Crippen LogP contribution in [-0.4, -0.2) is 179 Å². The Morgan fingerprint density at radius 2 is 1.22 bits per heavy atom. The first-order chi connectivity index (χ1) is 38.3. The minimum atomic E-state index is -1.81. The fraction of sp³-hybridized carbons (Fsp3) is 0.647. The van der Waals surface area contributed by atoms with E-state index in [0.29, 0.717) is 24.8 Å². The summed E-state index contributed by atoms with van der Waals surface area (Å²) in [6, 6.07) is -7.94. The van der Waals surface area contributed by atoms with Crippen molar-refractivity contribution in [3.8, 4) is 5.75 Å². The minimum Gasteiger partial charge on any atom is -0.508 e. The van der Waals surface area contributed by atoms with Gasteiger partial charge in [0.2, 0.25) is 65.0 Å². The number of amides is 11. The molecule has 1 heterocycles. The number of nitrogens with two attached hydrogens (primary N) is 4. The van der Waals surface area contributed by atoms with Crippen LogP contribution in [0.1, 0.15) is 110 Å². The molecule has 0 saturated carbocycles. The number of benzene rings is 1. The molecule has 1 saturated heterocycles.